The van der Waals surface area contributed by atoms with Crippen molar-refractivity contribution in [3.05, 3.63) is 34.6 Å². The molecule has 0 radical (unpaired) electrons. The second kappa shape index (κ2) is 5.13. The molecule has 1 fully saturated rings. The molecule has 0 aliphatic carbocycles. The maximum absolute atomic E-state index is 13.2. The van der Waals surface area contributed by atoms with E-state index in [-0.39, 0.29) is 18.0 Å². The molecular weight excluding hydrogens is 229 g/mol. The van der Waals surface area contributed by atoms with Crippen molar-refractivity contribution in [2.24, 2.45) is 0 Å². The zero-order chi connectivity index (χ0) is 11.5. The van der Waals surface area contributed by atoms with Crippen LogP contribution < -0.4 is 5.32 Å². The topological polar surface area (TPSA) is 21.3 Å². The van der Waals surface area contributed by atoms with Crippen molar-refractivity contribution in [1.29, 1.82) is 0 Å². The molecule has 0 bridgehead atoms. The van der Waals surface area contributed by atoms with Gasteiger partial charge in [-0.1, -0.05) is 11.6 Å². The second-order valence-electron chi connectivity index (χ2n) is 3.98. The van der Waals surface area contributed by atoms with Crippen LogP contribution in [-0.2, 0) is 4.74 Å². The molecule has 16 heavy (non-hydrogen) atoms. The van der Waals surface area contributed by atoms with E-state index in [4.69, 9.17) is 16.3 Å². The monoisotopic (exact) mass is 243 g/mol. The van der Waals surface area contributed by atoms with E-state index in [1.54, 1.807) is 6.07 Å². The number of nitrogens with one attached hydrogen (secondary N) is 1. The Morgan fingerprint density at radius 3 is 3.00 bits per heavy atom. The van der Waals surface area contributed by atoms with E-state index in [9.17, 15) is 4.39 Å². The Morgan fingerprint density at radius 1 is 1.56 bits per heavy atom. The Bertz CT molecular complexity index is 366. The number of likely N-dealkylation sites (N-methyl/N-ethyl adjacent to an activating group) is 1. The number of hydrogen-bond donors (Lipinski definition) is 1. The molecule has 2 unspecified atom stereocenters. The summed E-state index contributed by atoms with van der Waals surface area (Å²) >= 11 is 6.09. The summed E-state index contributed by atoms with van der Waals surface area (Å²) in [4.78, 5) is 0. The van der Waals surface area contributed by atoms with Crippen LogP contribution in [0.15, 0.2) is 18.2 Å². The molecule has 1 heterocycles. The molecule has 2 nitrogen and oxygen atoms in total. The number of rotatable bonds is 3. The molecule has 1 aliphatic heterocycles. The maximum atomic E-state index is 13.2. The van der Waals surface area contributed by atoms with Crippen LogP contribution >= 0.6 is 11.6 Å². The Balaban J connectivity index is 2.28. The van der Waals surface area contributed by atoms with Crippen LogP contribution in [0.3, 0.4) is 0 Å². The molecule has 0 aromatic heterocycles. The number of ether oxygens (including phenoxy) is 1. The van der Waals surface area contributed by atoms with Gasteiger partial charge in [-0.25, -0.2) is 4.39 Å². The van der Waals surface area contributed by atoms with Gasteiger partial charge in [0.15, 0.2) is 0 Å². The second-order valence-corrected chi connectivity index (χ2v) is 4.39. The first-order chi connectivity index (χ1) is 7.72. The molecule has 0 saturated carbocycles. The van der Waals surface area contributed by atoms with Crippen molar-refractivity contribution in [3.8, 4) is 0 Å². The van der Waals surface area contributed by atoms with Crippen molar-refractivity contribution >= 4 is 11.6 Å². The lowest BCUT2D eigenvalue weighted by Gasteiger charge is -2.23. The minimum absolute atomic E-state index is 0.0364. The summed E-state index contributed by atoms with van der Waals surface area (Å²) < 4.78 is 18.8. The summed E-state index contributed by atoms with van der Waals surface area (Å²) in [6.07, 6.45) is 2.12. The van der Waals surface area contributed by atoms with Crippen LogP contribution in [-0.4, -0.2) is 19.8 Å². The van der Waals surface area contributed by atoms with Crippen LogP contribution in [0.2, 0.25) is 5.02 Å². The van der Waals surface area contributed by atoms with Gasteiger partial charge in [0, 0.05) is 11.6 Å². The van der Waals surface area contributed by atoms with Gasteiger partial charge in [0.05, 0.1) is 12.1 Å². The van der Waals surface area contributed by atoms with Crippen molar-refractivity contribution < 1.29 is 9.13 Å². The van der Waals surface area contributed by atoms with Gasteiger partial charge < -0.3 is 10.1 Å². The summed E-state index contributed by atoms with van der Waals surface area (Å²) in [6.45, 7) is 0.774. The quantitative estimate of drug-likeness (QED) is 0.882. The summed E-state index contributed by atoms with van der Waals surface area (Å²) in [5, 5.41) is 3.73. The van der Waals surface area contributed by atoms with E-state index in [0.717, 1.165) is 25.0 Å². The fraction of sp³-hybridized carbons (Fsp3) is 0.500. The summed E-state index contributed by atoms with van der Waals surface area (Å²) in [5.74, 6) is -0.266. The molecule has 88 valence electrons. The molecule has 1 saturated heterocycles. The first-order valence-corrected chi connectivity index (χ1v) is 5.84. The van der Waals surface area contributed by atoms with Crippen LogP contribution in [0.25, 0.3) is 0 Å². The fourth-order valence-corrected chi connectivity index (χ4v) is 2.40. The third kappa shape index (κ3) is 2.37. The maximum Gasteiger partial charge on any atom is 0.123 e. The highest BCUT2D eigenvalue weighted by Gasteiger charge is 2.27. The predicted molar refractivity (Wildman–Crippen MR) is 62.2 cm³/mol. The van der Waals surface area contributed by atoms with E-state index in [0.29, 0.717) is 5.02 Å². The number of hydrogen-bond acceptors (Lipinski definition) is 2. The smallest absolute Gasteiger partial charge is 0.123 e. The average Bonchev–Trinajstić information content (AvgIpc) is 2.78. The lowest BCUT2D eigenvalue weighted by atomic mass is 9.99. The highest BCUT2D eigenvalue weighted by molar-refractivity contribution is 6.31. The van der Waals surface area contributed by atoms with Crippen LogP contribution in [0.4, 0.5) is 4.39 Å². The van der Waals surface area contributed by atoms with Crippen molar-refractivity contribution in [3.63, 3.8) is 0 Å². The van der Waals surface area contributed by atoms with Gasteiger partial charge in [0.25, 0.3) is 0 Å². The molecule has 1 aromatic rings. The zero-order valence-corrected chi connectivity index (χ0v) is 9.93. The Labute approximate surface area is 99.7 Å². The van der Waals surface area contributed by atoms with Gasteiger partial charge in [-0.2, -0.15) is 0 Å². The molecule has 1 aromatic carbocycles. The number of halogens is 2. The molecule has 0 amide bonds. The molecule has 1 aliphatic rings. The minimum atomic E-state index is -0.266. The third-order valence-corrected chi connectivity index (χ3v) is 3.29. The zero-order valence-electron chi connectivity index (χ0n) is 9.17. The van der Waals surface area contributed by atoms with Crippen LogP contribution in [0.1, 0.15) is 24.4 Å². The lowest BCUT2D eigenvalue weighted by Crippen LogP contribution is -2.29. The Kier molecular flexibility index (Phi) is 3.79. The van der Waals surface area contributed by atoms with Gasteiger partial charge in [0.2, 0.25) is 0 Å². The minimum Gasteiger partial charge on any atom is -0.376 e. The van der Waals surface area contributed by atoms with E-state index < -0.39 is 0 Å². The largest absolute Gasteiger partial charge is 0.376 e. The molecule has 2 atom stereocenters. The Morgan fingerprint density at radius 2 is 2.38 bits per heavy atom. The number of benzene rings is 1. The lowest BCUT2D eigenvalue weighted by molar-refractivity contribution is 0.0807. The average molecular weight is 244 g/mol. The predicted octanol–water partition coefficient (Wildman–Crippen LogP) is 2.92. The van der Waals surface area contributed by atoms with Crippen LogP contribution in [0.5, 0.6) is 0 Å². The molecule has 1 N–H and O–H groups in total. The SMILES string of the molecule is CNC(c1cc(F)ccc1Cl)C1CCCO1. The molecular formula is C12H15ClFNO. The van der Waals surface area contributed by atoms with Gasteiger partial charge in [0.1, 0.15) is 5.82 Å². The van der Waals surface area contributed by atoms with Gasteiger partial charge in [-0.3, -0.25) is 0 Å². The summed E-state index contributed by atoms with van der Waals surface area (Å²) in [5.41, 5.74) is 0.774. The van der Waals surface area contributed by atoms with E-state index in [1.165, 1.54) is 12.1 Å². The third-order valence-electron chi connectivity index (χ3n) is 2.94. The highest BCUT2D eigenvalue weighted by Crippen LogP contribution is 2.31. The standard InChI is InChI=1S/C12H15ClFNO/c1-15-12(11-3-2-6-16-11)9-7-8(14)4-5-10(9)13/h4-5,7,11-12,15H,2-3,6H2,1H3. The summed E-state index contributed by atoms with van der Waals surface area (Å²) in [7, 11) is 1.84. The van der Waals surface area contributed by atoms with E-state index >= 15 is 0 Å². The van der Waals surface area contributed by atoms with Crippen molar-refractivity contribution in [2.45, 2.75) is 25.0 Å². The first-order valence-electron chi connectivity index (χ1n) is 5.46. The van der Waals surface area contributed by atoms with E-state index in [2.05, 4.69) is 5.32 Å². The van der Waals surface area contributed by atoms with Crippen molar-refractivity contribution in [1.82, 2.24) is 5.32 Å². The van der Waals surface area contributed by atoms with Gasteiger partial charge in [-0.15, -0.1) is 0 Å². The fourth-order valence-electron chi connectivity index (χ4n) is 2.16. The van der Waals surface area contributed by atoms with Gasteiger partial charge in [-0.05, 0) is 43.7 Å². The molecule has 2 rings (SSSR count). The Hall–Kier alpha value is -0.640. The first kappa shape index (κ1) is 11.8. The van der Waals surface area contributed by atoms with E-state index in [1.807, 2.05) is 7.05 Å². The van der Waals surface area contributed by atoms with Crippen molar-refractivity contribution in [2.75, 3.05) is 13.7 Å². The van der Waals surface area contributed by atoms with Gasteiger partial charge >= 0.3 is 0 Å². The molecule has 0 spiro atoms. The summed E-state index contributed by atoms with van der Waals surface area (Å²) in [6, 6.07) is 4.40. The van der Waals surface area contributed by atoms with Crippen LogP contribution in [0, 0.1) is 5.82 Å². The normalized spacial score (nSPS) is 22.3. The highest BCUT2D eigenvalue weighted by atomic mass is 35.5. The molecule has 4 heteroatoms.